The molecule has 0 bridgehead atoms. The van der Waals surface area contributed by atoms with Gasteiger partial charge in [-0.15, -0.1) is 0 Å². The van der Waals surface area contributed by atoms with Crippen molar-refractivity contribution in [2.75, 3.05) is 10.6 Å². The molecule has 0 aliphatic heterocycles. The number of carbonyl (C=O) groups is 1. The number of imidazole rings is 1. The van der Waals surface area contributed by atoms with Crippen molar-refractivity contribution in [3.63, 3.8) is 0 Å². The second-order valence-corrected chi connectivity index (χ2v) is 7.64. The Kier molecular flexibility index (Phi) is 5.77. The Hall–Kier alpha value is -4.85. The van der Waals surface area contributed by atoms with Gasteiger partial charge in [0, 0.05) is 41.7 Å². The van der Waals surface area contributed by atoms with Crippen molar-refractivity contribution in [1.29, 1.82) is 0 Å². The SMILES string of the molecule is Cc1ccc(C(=O)Nc2ccc(-n3ccnc3)cc2)c(Nc2ncccc2-c2ccncn2)c1. The Morgan fingerprint density at radius 1 is 0.912 bits per heavy atom. The highest BCUT2D eigenvalue weighted by Crippen LogP contribution is 2.29. The molecule has 0 saturated carbocycles. The van der Waals surface area contributed by atoms with Crippen LogP contribution in [0.4, 0.5) is 17.2 Å². The number of anilines is 3. The van der Waals surface area contributed by atoms with E-state index in [4.69, 9.17) is 0 Å². The summed E-state index contributed by atoms with van der Waals surface area (Å²) < 4.78 is 1.90. The van der Waals surface area contributed by atoms with Gasteiger partial charge in [-0.3, -0.25) is 4.79 Å². The van der Waals surface area contributed by atoms with Gasteiger partial charge in [-0.05, 0) is 67.1 Å². The molecule has 3 heterocycles. The maximum atomic E-state index is 13.2. The maximum absolute atomic E-state index is 13.2. The zero-order valence-electron chi connectivity index (χ0n) is 18.4. The third-order valence-electron chi connectivity index (χ3n) is 5.27. The van der Waals surface area contributed by atoms with Gasteiger partial charge in [-0.1, -0.05) is 6.07 Å². The number of hydrogen-bond donors (Lipinski definition) is 2. The van der Waals surface area contributed by atoms with E-state index in [0.717, 1.165) is 22.5 Å². The Morgan fingerprint density at radius 3 is 2.56 bits per heavy atom. The molecule has 0 aliphatic carbocycles. The minimum absolute atomic E-state index is 0.225. The number of carbonyl (C=O) groups excluding carboxylic acids is 1. The number of amides is 1. The normalized spacial score (nSPS) is 10.6. The van der Waals surface area contributed by atoms with Gasteiger partial charge in [-0.2, -0.15) is 0 Å². The summed E-state index contributed by atoms with van der Waals surface area (Å²) in [5, 5.41) is 6.31. The summed E-state index contributed by atoms with van der Waals surface area (Å²) in [6.07, 6.45) is 10.2. The maximum Gasteiger partial charge on any atom is 0.257 e. The molecule has 0 fully saturated rings. The van der Waals surface area contributed by atoms with Crippen LogP contribution < -0.4 is 10.6 Å². The fourth-order valence-corrected chi connectivity index (χ4v) is 3.58. The number of pyridine rings is 1. The third kappa shape index (κ3) is 4.51. The van der Waals surface area contributed by atoms with Crippen LogP contribution in [0.25, 0.3) is 16.9 Å². The number of aromatic nitrogens is 5. The summed E-state index contributed by atoms with van der Waals surface area (Å²) in [5.41, 5.74) is 5.38. The Balaban J connectivity index is 1.41. The molecule has 2 aromatic carbocycles. The highest BCUT2D eigenvalue weighted by Gasteiger charge is 2.15. The van der Waals surface area contributed by atoms with E-state index < -0.39 is 0 Å². The first-order valence-electron chi connectivity index (χ1n) is 10.7. The Labute approximate surface area is 196 Å². The van der Waals surface area contributed by atoms with E-state index in [0.29, 0.717) is 22.8 Å². The molecular formula is C26H21N7O. The number of rotatable bonds is 6. The highest BCUT2D eigenvalue weighted by molar-refractivity contribution is 6.08. The van der Waals surface area contributed by atoms with Crippen LogP contribution in [0.3, 0.4) is 0 Å². The van der Waals surface area contributed by atoms with Crippen molar-refractivity contribution >= 4 is 23.1 Å². The van der Waals surface area contributed by atoms with Crippen LogP contribution >= 0.6 is 0 Å². The molecule has 0 atom stereocenters. The second kappa shape index (κ2) is 9.33. The number of nitrogens with one attached hydrogen (secondary N) is 2. The average molecular weight is 448 g/mol. The van der Waals surface area contributed by atoms with E-state index >= 15 is 0 Å². The van der Waals surface area contributed by atoms with Gasteiger partial charge < -0.3 is 15.2 Å². The second-order valence-electron chi connectivity index (χ2n) is 7.64. The fraction of sp³-hybridized carbons (Fsp3) is 0.0385. The monoisotopic (exact) mass is 447 g/mol. The van der Waals surface area contributed by atoms with Crippen molar-refractivity contribution in [2.45, 2.75) is 6.92 Å². The zero-order valence-corrected chi connectivity index (χ0v) is 18.4. The topological polar surface area (TPSA) is 97.6 Å². The van der Waals surface area contributed by atoms with Crippen molar-refractivity contribution in [1.82, 2.24) is 24.5 Å². The van der Waals surface area contributed by atoms with Crippen molar-refractivity contribution in [3.05, 3.63) is 109 Å². The molecule has 0 saturated heterocycles. The molecule has 8 nitrogen and oxygen atoms in total. The van der Waals surface area contributed by atoms with E-state index in [1.165, 1.54) is 6.33 Å². The summed E-state index contributed by atoms with van der Waals surface area (Å²) in [4.78, 5) is 30.1. The average Bonchev–Trinajstić information content (AvgIpc) is 3.41. The molecule has 0 spiro atoms. The van der Waals surface area contributed by atoms with Gasteiger partial charge >= 0.3 is 0 Å². The third-order valence-corrected chi connectivity index (χ3v) is 5.27. The lowest BCUT2D eigenvalue weighted by Gasteiger charge is -2.15. The molecule has 34 heavy (non-hydrogen) atoms. The summed E-state index contributed by atoms with van der Waals surface area (Å²) in [6.45, 7) is 1.98. The van der Waals surface area contributed by atoms with Gasteiger partial charge in [0.15, 0.2) is 0 Å². The lowest BCUT2D eigenvalue weighted by Crippen LogP contribution is -2.14. The Bertz CT molecular complexity index is 1420. The molecule has 2 N–H and O–H groups in total. The van der Waals surface area contributed by atoms with Crippen LogP contribution in [0.2, 0.25) is 0 Å². The lowest BCUT2D eigenvalue weighted by atomic mass is 10.1. The van der Waals surface area contributed by atoms with Crippen LogP contribution in [-0.4, -0.2) is 30.4 Å². The van der Waals surface area contributed by atoms with Gasteiger partial charge in [0.25, 0.3) is 5.91 Å². The predicted molar refractivity (Wildman–Crippen MR) is 131 cm³/mol. The number of benzene rings is 2. The summed E-state index contributed by atoms with van der Waals surface area (Å²) in [5.74, 6) is 0.378. The molecule has 8 heteroatoms. The fourth-order valence-electron chi connectivity index (χ4n) is 3.58. The summed E-state index contributed by atoms with van der Waals surface area (Å²) in [7, 11) is 0. The first-order valence-corrected chi connectivity index (χ1v) is 10.7. The van der Waals surface area contributed by atoms with Crippen molar-refractivity contribution < 1.29 is 4.79 Å². The molecule has 5 rings (SSSR count). The smallest absolute Gasteiger partial charge is 0.257 e. The van der Waals surface area contributed by atoms with E-state index in [-0.39, 0.29) is 5.91 Å². The van der Waals surface area contributed by atoms with Crippen LogP contribution in [0.5, 0.6) is 0 Å². The van der Waals surface area contributed by atoms with E-state index in [9.17, 15) is 4.79 Å². The van der Waals surface area contributed by atoms with Crippen LogP contribution in [0, 0.1) is 6.92 Å². The standard InChI is InChI=1S/C26H21N7O/c1-18-4-9-22(26(34)31-19-5-7-20(8-6-19)33-14-13-28-17-33)24(15-18)32-25-21(3-2-11-29-25)23-10-12-27-16-30-23/h2-17H,1H3,(H,29,32)(H,31,34). The minimum Gasteiger partial charge on any atom is -0.339 e. The first kappa shape index (κ1) is 21.0. The van der Waals surface area contributed by atoms with Crippen molar-refractivity contribution in [2.24, 2.45) is 0 Å². The summed E-state index contributed by atoms with van der Waals surface area (Å²) >= 11 is 0. The van der Waals surface area contributed by atoms with Crippen LogP contribution in [0.15, 0.2) is 98.1 Å². The largest absolute Gasteiger partial charge is 0.339 e. The quantitative estimate of drug-likeness (QED) is 0.379. The van der Waals surface area contributed by atoms with Crippen LogP contribution in [0.1, 0.15) is 15.9 Å². The van der Waals surface area contributed by atoms with Crippen molar-refractivity contribution in [3.8, 4) is 16.9 Å². The zero-order chi connectivity index (χ0) is 23.3. The minimum atomic E-state index is -0.225. The Morgan fingerprint density at radius 2 is 1.79 bits per heavy atom. The molecule has 0 unspecified atom stereocenters. The highest BCUT2D eigenvalue weighted by atomic mass is 16.1. The van der Waals surface area contributed by atoms with E-state index in [1.54, 1.807) is 31.0 Å². The molecule has 3 aromatic heterocycles. The molecule has 166 valence electrons. The van der Waals surface area contributed by atoms with Gasteiger partial charge in [-0.25, -0.2) is 19.9 Å². The van der Waals surface area contributed by atoms with Crippen LogP contribution in [-0.2, 0) is 0 Å². The number of aryl methyl sites for hydroxylation is 1. The van der Waals surface area contributed by atoms with E-state index in [1.807, 2.05) is 72.3 Å². The number of nitrogens with zero attached hydrogens (tertiary/aromatic N) is 5. The lowest BCUT2D eigenvalue weighted by molar-refractivity contribution is 0.102. The first-order chi connectivity index (χ1) is 16.7. The van der Waals surface area contributed by atoms with E-state index in [2.05, 4.69) is 30.6 Å². The summed E-state index contributed by atoms with van der Waals surface area (Å²) in [6, 6.07) is 18.8. The molecular weight excluding hydrogens is 426 g/mol. The molecule has 5 aromatic rings. The van der Waals surface area contributed by atoms with Gasteiger partial charge in [0.1, 0.15) is 12.1 Å². The van der Waals surface area contributed by atoms with Gasteiger partial charge in [0.05, 0.1) is 23.3 Å². The predicted octanol–water partition coefficient (Wildman–Crippen LogP) is 5.03. The molecule has 1 amide bonds. The molecule has 0 aliphatic rings. The molecule has 0 radical (unpaired) electrons. The number of hydrogen-bond acceptors (Lipinski definition) is 6. The van der Waals surface area contributed by atoms with Gasteiger partial charge in [0.2, 0.25) is 0 Å².